The minimum absolute atomic E-state index is 0.272. The van der Waals surface area contributed by atoms with Gasteiger partial charge in [0.05, 0.1) is 11.2 Å². The third-order valence-corrected chi connectivity index (χ3v) is 4.59. The second-order valence-electron chi connectivity index (χ2n) is 6.38. The Bertz CT molecular complexity index is 1070. The average Bonchev–Trinajstić information content (AvgIpc) is 3.08. The van der Waals surface area contributed by atoms with E-state index in [4.69, 9.17) is 16.6 Å². The lowest BCUT2D eigenvalue weighted by Gasteiger charge is -2.15. The van der Waals surface area contributed by atoms with Crippen LogP contribution in [0.2, 0.25) is 0 Å². The molecule has 0 aliphatic rings. The van der Waals surface area contributed by atoms with Crippen LogP contribution in [-0.4, -0.2) is 21.1 Å². The fourth-order valence-electron chi connectivity index (χ4n) is 3.31. The summed E-state index contributed by atoms with van der Waals surface area (Å²) in [4.78, 5) is 4.53. The number of nitrogens with two attached hydrogens (primary N) is 2. The Morgan fingerprint density at radius 1 is 1.04 bits per heavy atom. The Hall–Kier alpha value is -3.09. The van der Waals surface area contributed by atoms with Crippen molar-refractivity contribution in [3.8, 4) is 22.4 Å². The molecule has 136 valence electrons. The lowest BCUT2D eigenvalue weighted by atomic mass is 9.95. The van der Waals surface area contributed by atoms with Gasteiger partial charge in [0.2, 0.25) is 0 Å². The van der Waals surface area contributed by atoms with Gasteiger partial charge in [-0.25, -0.2) is 8.91 Å². The van der Waals surface area contributed by atoms with E-state index in [9.17, 15) is 4.39 Å². The molecule has 0 aliphatic carbocycles. The monoisotopic (exact) mass is 361 g/mol. The molecule has 1 unspecified atom stereocenters. The number of hydrogen-bond donors (Lipinski definition) is 2. The topological polar surface area (TPSA) is 82.2 Å². The molecule has 0 saturated heterocycles. The third kappa shape index (κ3) is 3.20. The fourth-order valence-corrected chi connectivity index (χ4v) is 3.31. The Balaban J connectivity index is 1.99. The van der Waals surface area contributed by atoms with Crippen molar-refractivity contribution in [2.75, 3.05) is 6.54 Å². The van der Waals surface area contributed by atoms with Crippen molar-refractivity contribution in [1.29, 1.82) is 0 Å². The van der Waals surface area contributed by atoms with E-state index in [2.05, 4.69) is 4.98 Å². The van der Waals surface area contributed by atoms with Gasteiger partial charge in [-0.05, 0) is 55.4 Å². The summed E-state index contributed by atoms with van der Waals surface area (Å²) >= 11 is 0. The maximum atomic E-state index is 13.4. The molecule has 3 aromatic heterocycles. The molecule has 5 nitrogen and oxygen atoms in total. The fraction of sp³-hybridized carbons (Fsp3) is 0.143. The van der Waals surface area contributed by atoms with E-state index in [1.165, 1.54) is 12.1 Å². The van der Waals surface area contributed by atoms with Crippen molar-refractivity contribution in [1.82, 2.24) is 14.6 Å². The number of pyridine rings is 2. The zero-order chi connectivity index (χ0) is 18.8. The van der Waals surface area contributed by atoms with Crippen LogP contribution < -0.4 is 11.5 Å². The van der Waals surface area contributed by atoms with E-state index < -0.39 is 0 Å². The number of fused-ring (bicyclic) bond motifs is 1. The summed E-state index contributed by atoms with van der Waals surface area (Å²) in [5.74, 6) is -0.281. The number of benzene rings is 1. The summed E-state index contributed by atoms with van der Waals surface area (Å²) in [5.41, 5.74) is 17.2. The predicted octanol–water partition coefficient (Wildman–Crippen LogP) is 3.55. The number of nitrogens with zero attached hydrogens (tertiary/aromatic N) is 3. The lowest BCUT2D eigenvalue weighted by Crippen LogP contribution is -2.17. The van der Waals surface area contributed by atoms with Crippen LogP contribution in [0.25, 0.3) is 27.9 Å². The summed E-state index contributed by atoms with van der Waals surface area (Å²) in [7, 11) is 0. The van der Waals surface area contributed by atoms with Crippen LogP contribution >= 0.6 is 0 Å². The highest BCUT2D eigenvalue weighted by atomic mass is 19.1. The zero-order valence-corrected chi connectivity index (χ0v) is 14.7. The normalized spacial score (nSPS) is 12.4. The standard InChI is InChI=1S/C21H20FN5/c22-15-8-6-14(7-9-15)20-19(18-5-1-2-13-27(18)26-20)16-4-3-12-25-21(16)17(24)10-11-23/h1-9,12-13,17H,10-11,23-24H2. The second kappa shape index (κ2) is 7.26. The Morgan fingerprint density at radius 2 is 1.85 bits per heavy atom. The molecule has 0 fully saturated rings. The van der Waals surface area contributed by atoms with Gasteiger partial charge in [0.15, 0.2) is 0 Å². The SMILES string of the molecule is NCCC(N)c1ncccc1-c1c(-c2ccc(F)cc2)nn2ccccc12. The van der Waals surface area contributed by atoms with Crippen LogP contribution in [0.4, 0.5) is 4.39 Å². The molecule has 4 rings (SSSR count). The van der Waals surface area contributed by atoms with Crippen molar-refractivity contribution >= 4 is 5.52 Å². The van der Waals surface area contributed by atoms with Crippen LogP contribution in [0.15, 0.2) is 67.0 Å². The number of halogens is 1. The summed E-state index contributed by atoms with van der Waals surface area (Å²) in [5, 5.41) is 4.74. The first kappa shape index (κ1) is 17.3. The first-order chi connectivity index (χ1) is 13.2. The maximum absolute atomic E-state index is 13.4. The van der Waals surface area contributed by atoms with Gasteiger partial charge in [0, 0.05) is 35.1 Å². The maximum Gasteiger partial charge on any atom is 0.123 e. The van der Waals surface area contributed by atoms with Gasteiger partial charge in [-0.15, -0.1) is 0 Å². The highest BCUT2D eigenvalue weighted by molar-refractivity contribution is 5.93. The average molecular weight is 361 g/mol. The van der Waals surface area contributed by atoms with Crippen LogP contribution in [0.1, 0.15) is 18.2 Å². The van der Waals surface area contributed by atoms with Gasteiger partial charge in [-0.3, -0.25) is 4.98 Å². The van der Waals surface area contributed by atoms with Gasteiger partial charge < -0.3 is 11.5 Å². The quantitative estimate of drug-likeness (QED) is 0.569. The minimum Gasteiger partial charge on any atom is -0.330 e. The molecule has 0 amide bonds. The molecule has 0 spiro atoms. The Kier molecular flexibility index (Phi) is 4.66. The molecule has 0 saturated carbocycles. The highest BCUT2D eigenvalue weighted by Crippen LogP contribution is 2.37. The minimum atomic E-state index is -0.281. The van der Waals surface area contributed by atoms with E-state index in [1.807, 2.05) is 41.0 Å². The van der Waals surface area contributed by atoms with Gasteiger partial charge in [0.25, 0.3) is 0 Å². The first-order valence-electron chi connectivity index (χ1n) is 8.83. The number of hydrogen-bond acceptors (Lipinski definition) is 4. The van der Waals surface area contributed by atoms with E-state index >= 15 is 0 Å². The van der Waals surface area contributed by atoms with E-state index in [0.717, 1.165) is 33.6 Å². The molecule has 6 heteroatoms. The van der Waals surface area contributed by atoms with Gasteiger partial charge >= 0.3 is 0 Å². The van der Waals surface area contributed by atoms with Gasteiger partial charge in [-0.2, -0.15) is 5.10 Å². The molecule has 4 aromatic rings. The summed E-state index contributed by atoms with van der Waals surface area (Å²) in [6.07, 6.45) is 4.26. The van der Waals surface area contributed by atoms with Crippen molar-refractivity contribution in [2.45, 2.75) is 12.5 Å². The van der Waals surface area contributed by atoms with Gasteiger partial charge in [0.1, 0.15) is 11.5 Å². The van der Waals surface area contributed by atoms with E-state index in [-0.39, 0.29) is 11.9 Å². The van der Waals surface area contributed by atoms with Gasteiger partial charge in [-0.1, -0.05) is 12.1 Å². The third-order valence-electron chi connectivity index (χ3n) is 4.59. The highest BCUT2D eigenvalue weighted by Gasteiger charge is 2.21. The molecule has 4 N–H and O–H groups in total. The molecular formula is C21H20FN5. The summed E-state index contributed by atoms with van der Waals surface area (Å²) < 4.78 is 15.2. The molecule has 0 radical (unpaired) electrons. The molecule has 1 atom stereocenters. The van der Waals surface area contributed by atoms with Crippen molar-refractivity contribution in [2.24, 2.45) is 11.5 Å². The van der Waals surface area contributed by atoms with Crippen molar-refractivity contribution < 1.29 is 4.39 Å². The molecule has 0 aliphatic heterocycles. The number of rotatable bonds is 5. The Morgan fingerprint density at radius 3 is 2.63 bits per heavy atom. The molecule has 27 heavy (non-hydrogen) atoms. The predicted molar refractivity (Wildman–Crippen MR) is 104 cm³/mol. The molecule has 0 bridgehead atoms. The Labute approximate surface area is 156 Å². The first-order valence-corrected chi connectivity index (χ1v) is 8.83. The van der Waals surface area contributed by atoms with E-state index in [1.54, 1.807) is 18.3 Å². The van der Waals surface area contributed by atoms with Crippen LogP contribution in [-0.2, 0) is 0 Å². The second-order valence-corrected chi connectivity index (χ2v) is 6.38. The summed E-state index contributed by atoms with van der Waals surface area (Å²) in [6.45, 7) is 0.483. The van der Waals surface area contributed by atoms with Crippen molar-refractivity contribution in [3.63, 3.8) is 0 Å². The number of aromatic nitrogens is 3. The van der Waals surface area contributed by atoms with E-state index in [0.29, 0.717) is 13.0 Å². The molecule has 1 aromatic carbocycles. The largest absolute Gasteiger partial charge is 0.330 e. The lowest BCUT2D eigenvalue weighted by molar-refractivity contribution is 0.628. The molecule has 3 heterocycles. The van der Waals surface area contributed by atoms with Crippen LogP contribution in [0.3, 0.4) is 0 Å². The summed E-state index contributed by atoms with van der Waals surface area (Å²) in [6, 6.07) is 15.8. The zero-order valence-electron chi connectivity index (χ0n) is 14.7. The van der Waals surface area contributed by atoms with Crippen LogP contribution in [0, 0.1) is 5.82 Å². The van der Waals surface area contributed by atoms with Crippen molar-refractivity contribution in [3.05, 3.63) is 78.5 Å². The molecular weight excluding hydrogens is 341 g/mol. The smallest absolute Gasteiger partial charge is 0.123 e. The van der Waals surface area contributed by atoms with Crippen LogP contribution in [0.5, 0.6) is 0 Å².